The largest absolute Gasteiger partial charge is 0.382 e. The van der Waals surface area contributed by atoms with E-state index in [2.05, 4.69) is 37.3 Å². The van der Waals surface area contributed by atoms with Crippen LogP contribution in [0.25, 0.3) is 0 Å². The molecule has 0 saturated carbocycles. The standard InChI is InChI=1S/C21H26ClN11O2/c1-12-4-2-3-5-13(12)31-33(25)10-14(34)32-8-6-21(7-9-32)11-26-20(30-21)29-19(35)15-17(23)28-18(24)16(22)27-15/h2-5H,1,6-11,25H2,(H4,23,24,28)(H2,26,29,30,35)/b31-13-. The predicted molar refractivity (Wildman–Crippen MR) is 133 cm³/mol. The molecule has 2 amide bonds. The van der Waals surface area contributed by atoms with Crippen LogP contribution in [-0.4, -0.2) is 75.2 Å². The van der Waals surface area contributed by atoms with E-state index in [0.29, 0.717) is 44.1 Å². The third-order valence-corrected chi connectivity index (χ3v) is 6.18. The van der Waals surface area contributed by atoms with E-state index in [1.54, 1.807) is 11.0 Å². The van der Waals surface area contributed by atoms with Crippen molar-refractivity contribution < 1.29 is 9.59 Å². The van der Waals surface area contributed by atoms with Gasteiger partial charge < -0.3 is 27.0 Å². The molecule has 2 saturated heterocycles. The molecular weight excluding hydrogens is 474 g/mol. The van der Waals surface area contributed by atoms with Crippen molar-refractivity contribution in [2.24, 2.45) is 15.9 Å². The molecule has 0 atom stereocenters. The molecule has 13 nitrogen and oxygen atoms in total. The van der Waals surface area contributed by atoms with Crippen molar-refractivity contribution in [3.8, 4) is 0 Å². The Morgan fingerprint density at radius 2 is 1.91 bits per heavy atom. The van der Waals surface area contributed by atoms with E-state index in [4.69, 9.17) is 28.9 Å². The number of allylic oxidation sites excluding steroid dienone is 5. The lowest BCUT2D eigenvalue weighted by Crippen LogP contribution is -2.55. The van der Waals surface area contributed by atoms with E-state index in [9.17, 15) is 9.59 Å². The Morgan fingerprint density at radius 1 is 1.20 bits per heavy atom. The SMILES string of the molecule is C=C1C=CC=C/C1=N/N(N)CC(=O)N1CCC2(CC1)CN/C(=N\C(=O)c1nc(Cl)c(N)nc1N)N2. The number of nitrogen functional groups attached to an aromatic ring is 2. The minimum atomic E-state index is -0.702. The summed E-state index contributed by atoms with van der Waals surface area (Å²) in [7, 11) is 0. The maximum atomic E-state index is 12.7. The van der Waals surface area contributed by atoms with Gasteiger partial charge in [-0.2, -0.15) is 10.1 Å². The quantitative estimate of drug-likeness (QED) is 0.267. The molecule has 1 spiro atoms. The Bertz CT molecular complexity index is 1180. The zero-order valence-electron chi connectivity index (χ0n) is 18.9. The molecule has 1 aromatic heterocycles. The number of anilines is 2. The average molecular weight is 500 g/mol. The van der Waals surface area contributed by atoms with Gasteiger partial charge in [0, 0.05) is 19.6 Å². The average Bonchev–Trinajstić information content (AvgIpc) is 3.19. The smallest absolute Gasteiger partial charge is 0.302 e. The number of carbonyl (C=O) groups excluding carboxylic acids is 2. The molecule has 2 fully saturated rings. The van der Waals surface area contributed by atoms with Crippen molar-refractivity contribution in [2.75, 3.05) is 37.6 Å². The highest BCUT2D eigenvalue weighted by molar-refractivity contribution is 6.31. The summed E-state index contributed by atoms with van der Waals surface area (Å²) in [4.78, 5) is 38.7. The van der Waals surface area contributed by atoms with Crippen LogP contribution < -0.4 is 27.9 Å². The zero-order valence-corrected chi connectivity index (χ0v) is 19.6. The van der Waals surface area contributed by atoms with Gasteiger partial charge in [0.1, 0.15) is 6.54 Å². The molecule has 8 N–H and O–H groups in total. The molecule has 3 heterocycles. The molecule has 35 heavy (non-hydrogen) atoms. The second-order valence-corrected chi connectivity index (χ2v) is 8.72. The summed E-state index contributed by atoms with van der Waals surface area (Å²) in [6.07, 6.45) is 8.58. The summed E-state index contributed by atoms with van der Waals surface area (Å²) in [6.45, 7) is 5.42. The predicted octanol–water partition coefficient (Wildman–Crippen LogP) is -0.441. The molecular formula is C21H26ClN11O2. The number of carbonyl (C=O) groups is 2. The van der Waals surface area contributed by atoms with Crippen LogP contribution in [0.15, 0.2) is 46.5 Å². The van der Waals surface area contributed by atoms with Gasteiger partial charge in [0.15, 0.2) is 28.4 Å². The molecule has 4 rings (SSSR count). The van der Waals surface area contributed by atoms with Crippen LogP contribution in [-0.2, 0) is 4.79 Å². The first kappa shape index (κ1) is 24.2. The van der Waals surface area contributed by atoms with E-state index >= 15 is 0 Å². The molecule has 2 aliphatic heterocycles. The van der Waals surface area contributed by atoms with Crippen molar-refractivity contribution in [3.63, 3.8) is 0 Å². The van der Waals surface area contributed by atoms with E-state index in [1.807, 2.05) is 18.2 Å². The van der Waals surface area contributed by atoms with Crippen LogP contribution in [0.1, 0.15) is 23.3 Å². The summed E-state index contributed by atoms with van der Waals surface area (Å²) in [5, 5.41) is 11.6. The van der Waals surface area contributed by atoms with Gasteiger partial charge in [-0.05, 0) is 24.5 Å². The maximum Gasteiger partial charge on any atom is 0.302 e. The van der Waals surface area contributed by atoms with Crippen molar-refractivity contribution in [2.45, 2.75) is 18.4 Å². The van der Waals surface area contributed by atoms with Crippen LogP contribution in [0.2, 0.25) is 5.15 Å². The number of hydrazine groups is 1. The third-order valence-electron chi connectivity index (χ3n) is 5.90. The molecule has 0 radical (unpaired) electrons. The minimum absolute atomic E-state index is 0.0547. The number of nitrogens with one attached hydrogen (secondary N) is 2. The Hall–Kier alpha value is -3.97. The van der Waals surface area contributed by atoms with Gasteiger partial charge in [-0.1, -0.05) is 36.4 Å². The molecule has 1 aliphatic carbocycles. The molecule has 0 bridgehead atoms. The fourth-order valence-corrected chi connectivity index (χ4v) is 4.05. The van der Waals surface area contributed by atoms with Crippen molar-refractivity contribution in [1.29, 1.82) is 0 Å². The topological polar surface area (TPSA) is 193 Å². The molecule has 14 heteroatoms. The fourth-order valence-electron chi connectivity index (χ4n) is 3.92. The highest BCUT2D eigenvalue weighted by atomic mass is 35.5. The molecule has 0 aromatic carbocycles. The number of aliphatic imine (C=N–C) groups is 1. The number of hydrazone groups is 1. The highest BCUT2D eigenvalue weighted by Crippen LogP contribution is 2.25. The number of hydrogen-bond donors (Lipinski definition) is 5. The number of nitrogens with two attached hydrogens (primary N) is 3. The first-order valence-corrected chi connectivity index (χ1v) is 11.2. The van der Waals surface area contributed by atoms with Crippen LogP contribution in [0, 0.1) is 0 Å². The van der Waals surface area contributed by atoms with Gasteiger partial charge in [0.2, 0.25) is 5.91 Å². The number of rotatable bonds is 4. The molecule has 184 valence electrons. The normalized spacial score (nSPS) is 20.9. The fraction of sp³-hybridized carbons (Fsp3) is 0.333. The first-order valence-electron chi connectivity index (χ1n) is 10.8. The van der Waals surface area contributed by atoms with E-state index in [-0.39, 0.29) is 40.5 Å². The number of likely N-dealkylation sites (tertiary alicyclic amines) is 1. The zero-order chi connectivity index (χ0) is 25.2. The molecule has 3 aliphatic rings. The van der Waals surface area contributed by atoms with E-state index in [0.717, 1.165) is 10.7 Å². The Balaban J connectivity index is 1.32. The van der Waals surface area contributed by atoms with Crippen molar-refractivity contribution in [3.05, 3.63) is 47.3 Å². The summed E-state index contributed by atoms with van der Waals surface area (Å²) in [5.74, 6) is 5.17. The Labute approximate surface area is 206 Å². The summed E-state index contributed by atoms with van der Waals surface area (Å²) in [6, 6.07) is 0. The lowest BCUT2D eigenvalue weighted by molar-refractivity contribution is -0.134. The molecule has 0 unspecified atom stereocenters. The summed E-state index contributed by atoms with van der Waals surface area (Å²) < 4.78 is 0. The van der Waals surface area contributed by atoms with Gasteiger partial charge >= 0.3 is 5.91 Å². The number of hydrogen-bond acceptors (Lipinski definition) is 9. The first-order chi connectivity index (χ1) is 16.7. The van der Waals surface area contributed by atoms with Gasteiger partial charge in [0.05, 0.1) is 11.3 Å². The number of piperidine rings is 1. The monoisotopic (exact) mass is 499 g/mol. The van der Waals surface area contributed by atoms with Crippen molar-refractivity contribution in [1.82, 2.24) is 30.6 Å². The third kappa shape index (κ3) is 5.41. The lowest BCUT2D eigenvalue weighted by atomic mass is 9.88. The number of halogens is 1. The number of aromatic nitrogens is 2. The van der Waals surface area contributed by atoms with Crippen LogP contribution in [0.5, 0.6) is 0 Å². The highest BCUT2D eigenvalue weighted by Gasteiger charge is 2.40. The minimum Gasteiger partial charge on any atom is -0.382 e. The number of amides is 2. The van der Waals surface area contributed by atoms with Crippen LogP contribution >= 0.6 is 11.6 Å². The van der Waals surface area contributed by atoms with Gasteiger partial charge in [0.25, 0.3) is 0 Å². The van der Waals surface area contributed by atoms with E-state index in [1.165, 1.54) is 0 Å². The summed E-state index contributed by atoms with van der Waals surface area (Å²) in [5.41, 5.74) is 12.1. The molecule has 1 aromatic rings. The Morgan fingerprint density at radius 3 is 2.63 bits per heavy atom. The van der Waals surface area contributed by atoms with E-state index < -0.39 is 5.91 Å². The maximum absolute atomic E-state index is 12.7. The van der Waals surface area contributed by atoms with Crippen molar-refractivity contribution >= 4 is 46.7 Å². The van der Waals surface area contributed by atoms with Gasteiger partial charge in [-0.15, -0.1) is 0 Å². The van der Waals surface area contributed by atoms with Gasteiger partial charge in [-0.25, -0.2) is 20.9 Å². The van der Waals surface area contributed by atoms with Crippen LogP contribution in [0.3, 0.4) is 0 Å². The number of guanidine groups is 1. The summed E-state index contributed by atoms with van der Waals surface area (Å²) >= 11 is 5.84. The number of nitrogens with zero attached hydrogens (tertiary/aromatic N) is 6. The lowest BCUT2D eigenvalue weighted by Gasteiger charge is -2.38. The second-order valence-electron chi connectivity index (χ2n) is 8.37. The Kier molecular flexibility index (Phi) is 6.71. The van der Waals surface area contributed by atoms with Crippen LogP contribution in [0.4, 0.5) is 11.6 Å². The second kappa shape index (κ2) is 9.72. The van der Waals surface area contributed by atoms with Gasteiger partial charge in [-0.3, -0.25) is 9.59 Å².